The molecule has 0 aliphatic carbocycles. The van der Waals surface area contributed by atoms with Crippen LogP contribution in [0.25, 0.3) is 0 Å². The smallest absolute Gasteiger partial charge is 0.235 e. The van der Waals surface area contributed by atoms with E-state index in [2.05, 4.69) is 10.2 Å². The van der Waals surface area contributed by atoms with Crippen molar-refractivity contribution in [2.45, 2.75) is 36.9 Å². The van der Waals surface area contributed by atoms with E-state index in [-0.39, 0.29) is 29.6 Å². The lowest BCUT2D eigenvalue weighted by atomic mass is 10.3. The fraction of sp³-hybridized carbons (Fsp3) is 0.500. The number of hydrogen-bond acceptors (Lipinski definition) is 6. The summed E-state index contributed by atoms with van der Waals surface area (Å²) in [5.74, 6) is 0.234. The summed E-state index contributed by atoms with van der Waals surface area (Å²) in [6.07, 6.45) is 0. The normalized spacial score (nSPS) is 13.3. The number of ether oxygens (including phenoxy) is 2. The first kappa shape index (κ1) is 21.2. The van der Waals surface area contributed by atoms with Gasteiger partial charge in [0.1, 0.15) is 6.61 Å². The van der Waals surface area contributed by atoms with E-state index in [1.807, 2.05) is 18.4 Å². The van der Waals surface area contributed by atoms with Gasteiger partial charge in [0, 0.05) is 21.2 Å². The van der Waals surface area contributed by atoms with E-state index in [0.717, 1.165) is 0 Å². The number of halogens is 1. The van der Waals surface area contributed by atoms with Crippen molar-refractivity contribution in [1.82, 2.24) is 19.7 Å². The Kier molecular flexibility index (Phi) is 7.61. The minimum Gasteiger partial charge on any atom is -0.483 e. The van der Waals surface area contributed by atoms with Crippen molar-refractivity contribution in [2.24, 2.45) is 0 Å². The second kappa shape index (κ2) is 9.70. The number of benzene rings is 1. The van der Waals surface area contributed by atoms with E-state index in [1.165, 1.54) is 17.8 Å². The van der Waals surface area contributed by atoms with Crippen molar-refractivity contribution >= 4 is 17.7 Å². The van der Waals surface area contributed by atoms with Crippen LogP contribution in [0.15, 0.2) is 29.4 Å². The summed E-state index contributed by atoms with van der Waals surface area (Å²) < 4.78 is 26.5. The molecule has 1 amide bonds. The van der Waals surface area contributed by atoms with Crippen molar-refractivity contribution in [3.05, 3.63) is 35.9 Å². The van der Waals surface area contributed by atoms with Crippen molar-refractivity contribution in [3.63, 3.8) is 0 Å². The molecule has 2 atom stereocenters. The predicted molar refractivity (Wildman–Crippen MR) is 101 cm³/mol. The quantitative estimate of drug-likeness (QED) is 0.607. The fourth-order valence-corrected chi connectivity index (χ4v) is 3.64. The monoisotopic (exact) mass is 396 g/mol. The Balaban J connectivity index is 2.22. The number of amides is 1. The van der Waals surface area contributed by atoms with Crippen LogP contribution in [0.3, 0.4) is 0 Å². The Labute approximate surface area is 162 Å². The predicted octanol–water partition coefficient (Wildman–Crippen LogP) is 2.77. The number of para-hydroxylation sites is 1. The molecule has 2 aromatic rings. The molecule has 7 nitrogen and oxygen atoms in total. The molecule has 9 heteroatoms. The zero-order valence-electron chi connectivity index (χ0n) is 16.2. The first-order valence-electron chi connectivity index (χ1n) is 8.53. The van der Waals surface area contributed by atoms with Crippen LogP contribution in [0.5, 0.6) is 5.75 Å². The molecule has 0 N–H and O–H groups in total. The molecule has 0 saturated heterocycles. The summed E-state index contributed by atoms with van der Waals surface area (Å²) in [4.78, 5) is 13.7. The molecule has 1 aromatic heterocycles. The van der Waals surface area contributed by atoms with Gasteiger partial charge < -0.3 is 14.4 Å². The zero-order valence-corrected chi connectivity index (χ0v) is 17.0. The number of methoxy groups -OCH3 is 1. The second-order valence-corrected chi connectivity index (χ2v) is 7.59. The van der Waals surface area contributed by atoms with E-state index in [4.69, 9.17) is 9.47 Å². The van der Waals surface area contributed by atoms with Crippen molar-refractivity contribution in [3.8, 4) is 5.75 Å². The molecule has 0 radical (unpaired) electrons. The number of thioether (sulfide) groups is 1. The second-order valence-electron chi connectivity index (χ2n) is 6.29. The van der Waals surface area contributed by atoms with Gasteiger partial charge in [0.2, 0.25) is 5.91 Å². The highest BCUT2D eigenvalue weighted by Crippen LogP contribution is 2.27. The lowest BCUT2D eigenvalue weighted by Gasteiger charge is -2.20. The van der Waals surface area contributed by atoms with Gasteiger partial charge in [0.05, 0.1) is 17.9 Å². The third kappa shape index (κ3) is 5.43. The standard InChI is InChI=1S/C18H25FN4O3S/c1-12(10-25-5)23-16(11-26-15-9-7-6-8-14(15)19)20-21-18(23)27-13(2)17(24)22(3)4/h6-9,12-13H,10-11H2,1-5H3/t12-,13-/m1/s1. The Morgan fingerprint density at radius 1 is 1.30 bits per heavy atom. The molecule has 0 saturated carbocycles. The minimum absolute atomic E-state index is 0.0156. The molecule has 148 valence electrons. The molecule has 0 bridgehead atoms. The highest BCUT2D eigenvalue weighted by molar-refractivity contribution is 8.00. The van der Waals surface area contributed by atoms with Crippen molar-refractivity contribution in [1.29, 1.82) is 0 Å². The van der Waals surface area contributed by atoms with Gasteiger partial charge in [-0.1, -0.05) is 23.9 Å². The lowest BCUT2D eigenvalue weighted by molar-refractivity contribution is -0.127. The molecule has 0 fully saturated rings. The van der Waals surface area contributed by atoms with Crippen LogP contribution in [0.2, 0.25) is 0 Å². The maximum atomic E-state index is 13.8. The van der Waals surface area contributed by atoms with Gasteiger partial charge in [0.15, 0.2) is 22.5 Å². The van der Waals surface area contributed by atoms with Gasteiger partial charge in [0.25, 0.3) is 0 Å². The SMILES string of the molecule is COC[C@@H](C)n1c(COc2ccccc2F)nnc1S[C@H](C)C(=O)N(C)C. The summed E-state index contributed by atoms with van der Waals surface area (Å²) in [5, 5.41) is 8.67. The first-order valence-corrected chi connectivity index (χ1v) is 9.41. The van der Waals surface area contributed by atoms with Crippen LogP contribution in [-0.4, -0.2) is 58.6 Å². The van der Waals surface area contributed by atoms with Crippen LogP contribution >= 0.6 is 11.8 Å². The van der Waals surface area contributed by atoms with Gasteiger partial charge in [-0.3, -0.25) is 9.36 Å². The summed E-state index contributed by atoms with van der Waals surface area (Å²) in [6.45, 7) is 4.28. The largest absolute Gasteiger partial charge is 0.483 e. The van der Waals surface area contributed by atoms with Crippen LogP contribution in [0.4, 0.5) is 4.39 Å². The van der Waals surface area contributed by atoms with E-state index in [9.17, 15) is 9.18 Å². The maximum Gasteiger partial charge on any atom is 0.235 e. The molecular formula is C18H25FN4O3S. The van der Waals surface area contributed by atoms with Gasteiger partial charge in [-0.05, 0) is 26.0 Å². The summed E-state index contributed by atoms with van der Waals surface area (Å²) in [6, 6.07) is 6.12. The van der Waals surface area contributed by atoms with Crippen LogP contribution in [0.1, 0.15) is 25.7 Å². The molecule has 1 heterocycles. The van der Waals surface area contributed by atoms with Crippen molar-refractivity contribution < 1.29 is 18.7 Å². The number of rotatable bonds is 9. The molecular weight excluding hydrogens is 371 g/mol. The van der Waals surface area contributed by atoms with E-state index < -0.39 is 5.82 Å². The molecule has 0 unspecified atom stereocenters. The highest BCUT2D eigenvalue weighted by atomic mass is 32.2. The Morgan fingerprint density at radius 2 is 2.00 bits per heavy atom. The van der Waals surface area contributed by atoms with Gasteiger partial charge in [-0.2, -0.15) is 0 Å². The Hall–Kier alpha value is -2.13. The van der Waals surface area contributed by atoms with E-state index in [0.29, 0.717) is 17.6 Å². The molecule has 0 spiro atoms. The van der Waals surface area contributed by atoms with E-state index >= 15 is 0 Å². The van der Waals surface area contributed by atoms with Crippen molar-refractivity contribution in [2.75, 3.05) is 27.8 Å². The molecule has 1 aromatic carbocycles. The first-order chi connectivity index (χ1) is 12.8. The average molecular weight is 396 g/mol. The molecule has 0 aliphatic heterocycles. The zero-order chi connectivity index (χ0) is 20.0. The summed E-state index contributed by atoms with van der Waals surface area (Å²) >= 11 is 1.32. The van der Waals surface area contributed by atoms with Crippen LogP contribution in [-0.2, 0) is 16.1 Å². The molecule has 27 heavy (non-hydrogen) atoms. The van der Waals surface area contributed by atoms with Crippen LogP contribution < -0.4 is 4.74 Å². The number of carbonyl (C=O) groups excluding carboxylic acids is 1. The fourth-order valence-electron chi connectivity index (χ4n) is 2.52. The number of hydrogen-bond donors (Lipinski definition) is 0. The number of carbonyl (C=O) groups is 1. The maximum absolute atomic E-state index is 13.8. The number of nitrogens with zero attached hydrogens (tertiary/aromatic N) is 4. The lowest BCUT2D eigenvalue weighted by Crippen LogP contribution is -2.30. The number of aromatic nitrogens is 3. The summed E-state index contributed by atoms with van der Waals surface area (Å²) in [7, 11) is 5.04. The Morgan fingerprint density at radius 3 is 2.63 bits per heavy atom. The van der Waals surface area contributed by atoms with E-state index in [1.54, 1.807) is 44.3 Å². The topological polar surface area (TPSA) is 69.5 Å². The molecule has 2 rings (SSSR count). The minimum atomic E-state index is -0.437. The van der Waals surface area contributed by atoms with Gasteiger partial charge >= 0.3 is 0 Å². The van der Waals surface area contributed by atoms with Gasteiger partial charge in [-0.25, -0.2) is 4.39 Å². The third-order valence-electron chi connectivity index (χ3n) is 3.85. The highest BCUT2D eigenvalue weighted by Gasteiger charge is 2.24. The molecule has 0 aliphatic rings. The third-order valence-corrected chi connectivity index (χ3v) is 4.89. The van der Waals surface area contributed by atoms with Gasteiger partial charge in [-0.15, -0.1) is 10.2 Å². The summed E-state index contributed by atoms with van der Waals surface area (Å²) in [5.41, 5.74) is 0. The Bertz CT molecular complexity index is 769. The van der Waals surface area contributed by atoms with Crippen LogP contribution in [0, 0.1) is 5.82 Å². The average Bonchev–Trinajstić information content (AvgIpc) is 3.03.